The summed E-state index contributed by atoms with van der Waals surface area (Å²) in [6, 6.07) is 7.18. The molecular weight excluding hydrogens is 362 g/mol. The fourth-order valence-corrected chi connectivity index (χ4v) is 2.68. The molecule has 1 aromatic rings. The molecule has 0 aliphatic carbocycles. The van der Waals surface area contributed by atoms with Crippen molar-refractivity contribution < 1.29 is 23.9 Å². The number of carbonyl (C=O) groups excluding carboxylic acids is 4. The Morgan fingerprint density at radius 3 is 2.69 bits per heavy atom. The van der Waals surface area contributed by atoms with E-state index in [0.29, 0.717) is 11.6 Å². The van der Waals surface area contributed by atoms with E-state index in [2.05, 4.69) is 10.6 Å². The zero-order valence-electron chi connectivity index (χ0n) is 14.3. The minimum atomic E-state index is -0.628. The molecule has 2 rings (SSSR count). The van der Waals surface area contributed by atoms with E-state index in [1.54, 1.807) is 17.0 Å². The molecule has 0 unspecified atom stereocenters. The molecule has 0 saturated carbocycles. The number of carbonyl (C=O) groups is 4. The second kappa shape index (κ2) is 9.19. The molecule has 0 spiro atoms. The Labute approximate surface area is 155 Å². The minimum absolute atomic E-state index is 0.0309. The maximum Gasteiger partial charge on any atom is 0.311 e. The highest BCUT2D eigenvalue weighted by molar-refractivity contribution is 6.31. The highest BCUT2D eigenvalue weighted by Crippen LogP contribution is 2.24. The van der Waals surface area contributed by atoms with Gasteiger partial charge in [0.1, 0.15) is 0 Å². The average Bonchev–Trinajstić information content (AvgIpc) is 3.00. The summed E-state index contributed by atoms with van der Waals surface area (Å²) in [4.78, 5) is 48.3. The van der Waals surface area contributed by atoms with Crippen LogP contribution < -0.4 is 10.6 Å². The van der Waals surface area contributed by atoms with E-state index >= 15 is 0 Å². The number of nitrogens with zero attached hydrogens (tertiary/aromatic N) is 1. The Bertz CT molecular complexity index is 709. The van der Waals surface area contributed by atoms with Crippen molar-refractivity contribution in [1.29, 1.82) is 0 Å². The standard InChI is InChI=1S/C17H20ClN3O5/c1-19-14(22)7-20-15(23)10-26-17(25)12-6-16(24)21(9-12)8-11-4-2-3-5-13(11)18/h2-5,12H,6-10H2,1H3,(H,19,22)(H,20,23)/t12-/m0/s1. The van der Waals surface area contributed by atoms with Gasteiger partial charge in [0.05, 0.1) is 12.5 Å². The molecule has 0 aromatic heterocycles. The third-order valence-corrected chi connectivity index (χ3v) is 4.31. The Morgan fingerprint density at radius 1 is 1.27 bits per heavy atom. The van der Waals surface area contributed by atoms with E-state index in [1.807, 2.05) is 12.1 Å². The molecule has 9 heteroatoms. The summed E-state index contributed by atoms with van der Waals surface area (Å²) < 4.78 is 4.94. The summed E-state index contributed by atoms with van der Waals surface area (Å²) in [6.45, 7) is -0.164. The smallest absolute Gasteiger partial charge is 0.311 e. The van der Waals surface area contributed by atoms with Crippen LogP contribution in [0.15, 0.2) is 24.3 Å². The molecule has 1 aromatic carbocycles. The van der Waals surface area contributed by atoms with Crippen molar-refractivity contribution >= 4 is 35.3 Å². The highest BCUT2D eigenvalue weighted by atomic mass is 35.5. The van der Waals surface area contributed by atoms with Crippen LogP contribution in [0.1, 0.15) is 12.0 Å². The highest BCUT2D eigenvalue weighted by Gasteiger charge is 2.35. The van der Waals surface area contributed by atoms with Crippen LogP contribution >= 0.6 is 11.6 Å². The van der Waals surface area contributed by atoms with Crippen LogP contribution in [0.2, 0.25) is 5.02 Å². The van der Waals surface area contributed by atoms with Crippen LogP contribution in [0.4, 0.5) is 0 Å². The minimum Gasteiger partial charge on any atom is -0.455 e. The van der Waals surface area contributed by atoms with Crippen LogP contribution in [0.3, 0.4) is 0 Å². The van der Waals surface area contributed by atoms with Crippen LogP contribution in [0, 0.1) is 5.92 Å². The number of amides is 3. The average molecular weight is 382 g/mol. The van der Waals surface area contributed by atoms with Crippen molar-refractivity contribution in [3.63, 3.8) is 0 Å². The number of nitrogens with one attached hydrogen (secondary N) is 2. The first-order valence-electron chi connectivity index (χ1n) is 8.05. The first kappa shape index (κ1) is 19.7. The SMILES string of the molecule is CNC(=O)CNC(=O)COC(=O)[C@H]1CC(=O)N(Cc2ccccc2Cl)C1. The molecule has 1 atom stereocenters. The van der Waals surface area contributed by atoms with Gasteiger partial charge in [-0.3, -0.25) is 19.2 Å². The van der Waals surface area contributed by atoms with E-state index in [-0.39, 0.29) is 31.3 Å². The van der Waals surface area contributed by atoms with Crippen LogP contribution in [-0.2, 0) is 30.5 Å². The summed E-state index contributed by atoms with van der Waals surface area (Å²) in [5.41, 5.74) is 0.796. The number of halogens is 1. The van der Waals surface area contributed by atoms with Gasteiger partial charge in [0.25, 0.3) is 5.91 Å². The summed E-state index contributed by atoms with van der Waals surface area (Å²) in [6.07, 6.45) is 0.0309. The van der Waals surface area contributed by atoms with Gasteiger partial charge in [-0.15, -0.1) is 0 Å². The molecule has 0 radical (unpaired) electrons. The van der Waals surface area contributed by atoms with Crippen molar-refractivity contribution in [3.8, 4) is 0 Å². The van der Waals surface area contributed by atoms with Crippen LogP contribution in [0.25, 0.3) is 0 Å². The molecule has 1 aliphatic rings. The van der Waals surface area contributed by atoms with E-state index in [4.69, 9.17) is 16.3 Å². The Morgan fingerprint density at radius 2 is 2.00 bits per heavy atom. The first-order valence-corrected chi connectivity index (χ1v) is 8.43. The second-order valence-corrected chi connectivity index (χ2v) is 6.23. The predicted octanol–water partition coefficient (Wildman–Crippen LogP) is 0.0939. The lowest BCUT2D eigenvalue weighted by atomic mass is 10.1. The number of hydrogen-bond donors (Lipinski definition) is 2. The number of hydrogen-bond acceptors (Lipinski definition) is 5. The van der Waals surface area contributed by atoms with Crippen molar-refractivity contribution in [2.24, 2.45) is 5.92 Å². The summed E-state index contributed by atoms with van der Waals surface area (Å²) >= 11 is 6.09. The van der Waals surface area contributed by atoms with Gasteiger partial charge in [-0.1, -0.05) is 29.8 Å². The molecule has 2 N–H and O–H groups in total. The second-order valence-electron chi connectivity index (χ2n) is 5.82. The topological polar surface area (TPSA) is 105 Å². The third-order valence-electron chi connectivity index (χ3n) is 3.94. The third kappa shape index (κ3) is 5.45. The lowest BCUT2D eigenvalue weighted by molar-refractivity contribution is -0.152. The maximum absolute atomic E-state index is 12.1. The summed E-state index contributed by atoms with van der Waals surface area (Å²) in [5.74, 6) is -2.36. The van der Waals surface area contributed by atoms with Crippen molar-refractivity contribution in [1.82, 2.24) is 15.5 Å². The maximum atomic E-state index is 12.1. The fraction of sp³-hybridized carbons (Fsp3) is 0.412. The van der Waals surface area contributed by atoms with Gasteiger partial charge in [0.15, 0.2) is 6.61 Å². The Balaban J connectivity index is 1.80. The number of ether oxygens (including phenoxy) is 1. The van der Waals surface area contributed by atoms with Crippen molar-refractivity contribution in [3.05, 3.63) is 34.9 Å². The largest absolute Gasteiger partial charge is 0.455 e. The van der Waals surface area contributed by atoms with Gasteiger partial charge in [-0.2, -0.15) is 0 Å². The first-order chi connectivity index (χ1) is 12.4. The van der Waals surface area contributed by atoms with Gasteiger partial charge in [0.2, 0.25) is 11.8 Å². The van der Waals surface area contributed by atoms with Gasteiger partial charge < -0.3 is 20.3 Å². The Hall–Kier alpha value is -2.61. The molecule has 26 heavy (non-hydrogen) atoms. The number of likely N-dealkylation sites (tertiary alicyclic amines) is 1. The monoisotopic (exact) mass is 381 g/mol. The zero-order chi connectivity index (χ0) is 19.1. The van der Waals surface area contributed by atoms with E-state index in [9.17, 15) is 19.2 Å². The molecule has 8 nitrogen and oxygen atoms in total. The van der Waals surface area contributed by atoms with Gasteiger partial charge in [-0.05, 0) is 11.6 Å². The molecule has 0 bridgehead atoms. The van der Waals surface area contributed by atoms with Crippen LogP contribution in [0.5, 0.6) is 0 Å². The summed E-state index contributed by atoms with van der Waals surface area (Å²) in [7, 11) is 1.44. The predicted molar refractivity (Wildman–Crippen MR) is 93.0 cm³/mol. The molecular formula is C17H20ClN3O5. The van der Waals surface area contributed by atoms with Gasteiger partial charge >= 0.3 is 5.97 Å². The van der Waals surface area contributed by atoms with E-state index in [0.717, 1.165) is 5.56 Å². The molecule has 3 amide bonds. The Kier molecular flexibility index (Phi) is 6.97. The summed E-state index contributed by atoms with van der Waals surface area (Å²) in [5, 5.41) is 5.22. The number of benzene rings is 1. The van der Waals surface area contributed by atoms with Gasteiger partial charge in [-0.25, -0.2) is 0 Å². The molecule has 1 aliphatic heterocycles. The van der Waals surface area contributed by atoms with Crippen molar-refractivity contribution in [2.45, 2.75) is 13.0 Å². The lowest BCUT2D eigenvalue weighted by Crippen LogP contribution is -2.37. The van der Waals surface area contributed by atoms with Gasteiger partial charge in [0, 0.05) is 31.6 Å². The fourth-order valence-electron chi connectivity index (χ4n) is 2.49. The van der Waals surface area contributed by atoms with Crippen molar-refractivity contribution in [2.75, 3.05) is 26.7 Å². The van der Waals surface area contributed by atoms with Crippen LogP contribution in [-0.4, -0.2) is 55.3 Å². The quantitative estimate of drug-likeness (QED) is 0.651. The lowest BCUT2D eigenvalue weighted by Gasteiger charge is -2.17. The molecule has 140 valence electrons. The normalized spacial score (nSPS) is 16.3. The number of esters is 1. The van der Waals surface area contributed by atoms with E-state index in [1.165, 1.54) is 7.05 Å². The molecule has 1 saturated heterocycles. The zero-order valence-corrected chi connectivity index (χ0v) is 15.0. The van der Waals surface area contributed by atoms with E-state index < -0.39 is 24.4 Å². The molecule has 1 heterocycles. The number of likely N-dealkylation sites (N-methyl/N-ethyl adjacent to an activating group) is 1. The molecule has 1 fully saturated rings. The number of rotatable bonds is 7.